The van der Waals surface area contributed by atoms with Crippen molar-refractivity contribution in [3.63, 3.8) is 0 Å². The highest BCUT2D eigenvalue weighted by Gasteiger charge is 2.37. The molecule has 1 heterocycles. The van der Waals surface area contributed by atoms with E-state index in [1.165, 1.54) is 0 Å². The molecule has 0 spiro atoms. The number of amides is 1. The molecular weight excluding hydrogens is 281 g/mol. The standard InChI is InChI=1S/C11H5F3N2O4/c12-11(13,14)4-1-2-5-6(3-4)15-10(19)7(16-20)9(18)8(5)17/h1-3,20H,(H,15,19)/b16-7+. The van der Waals surface area contributed by atoms with E-state index in [2.05, 4.69) is 5.16 Å². The van der Waals surface area contributed by atoms with Crippen LogP contribution in [-0.2, 0) is 15.8 Å². The summed E-state index contributed by atoms with van der Waals surface area (Å²) in [6, 6.07) is 1.91. The van der Waals surface area contributed by atoms with Crippen LogP contribution in [0.3, 0.4) is 0 Å². The van der Waals surface area contributed by atoms with Gasteiger partial charge in [0.25, 0.3) is 11.7 Å². The second-order valence-electron chi connectivity index (χ2n) is 3.82. The lowest BCUT2D eigenvalue weighted by molar-refractivity contribution is -0.137. The van der Waals surface area contributed by atoms with E-state index in [4.69, 9.17) is 5.21 Å². The summed E-state index contributed by atoms with van der Waals surface area (Å²) in [4.78, 5) is 34.7. The Morgan fingerprint density at radius 2 is 1.75 bits per heavy atom. The fourth-order valence-electron chi connectivity index (χ4n) is 1.63. The Hall–Kier alpha value is -2.71. The van der Waals surface area contributed by atoms with Gasteiger partial charge in [0, 0.05) is 5.56 Å². The summed E-state index contributed by atoms with van der Waals surface area (Å²) in [5.41, 5.74) is -3.06. The first-order chi connectivity index (χ1) is 9.25. The number of anilines is 1. The van der Waals surface area contributed by atoms with Gasteiger partial charge in [0.15, 0.2) is 0 Å². The van der Waals surface area contributed by atoms with Gasteiger partial charge in [0.1, 0.15) is 0 Å². The Kier molecular flexibility index (Phi) is 3.04. The van der Waals surface area contributed by atoms with E-state index >= 15 is 0 Å². The molecule has 0 fully saturated rings. The maximum absolute atomic E-state index is 12.5. The fraction of sp³-hybridized carbons (Fsp3) is 0.0909. The van der Waals surface area contributed by atoms with E-state index in [0.29, 0.717) is 12.1 Å². The number of benzene rings is 1. The van der Waals surface area contributed by atoms with Crippen LogP contribution in [0.1, 0.15) is 15.9 Å². The SMILES string of the molecule is O=C1Nc2cc(C(F)(F)F)ccc2C(=O)C(=O)/C1=N\O. The maximum Gasteiger partial charge on any atom is 0.416 e. The van der Waals surface area contributed by atoms with Gasteiger partial charge in [-0.3, -0.25) is 14.4 Å². The number of nitrogens with zero attached hydrogens (tertiary/aromatic N) is 1. The van der Waals surface area contributed by atoms with Crippen LogP contribution in [0.4, 0.5) is 18.9 Å². The van der Waals surface area contributed by atoms with E-state index < -0.39 is 46.2 Å². The highest BCUT2D eigenvalue weighted by Crippen LogP contribution is 2.33. The molecule has 1 aromatic carbocycles. The first-order valence-corrected chi connectivity index (χ1v) is 5.09. The molecule has 0 unspecified atom stereocenters. The Balaban J connectivity index is 2.61. The second kappa shape index (κ2) is 4.44. The number of Topliss-reactive ketones (excluding diaryl/α,β-unsaturated/α-hetero) is 2. The van der Waals surface area contributed by atoms with Crippen LogP contribution in [0.15, 0.2) is 23.4 Å². The van der Waals surface area contributed by atoms with E-state index in [0.717, 1.165) is 6.07 Å². The number of oxime groups is 1. The summed E-state index contributed by atoms with van der Waals surface area (Å²) >= 11 is 0. The first-order valence-electron chi connectivity index (χ1n) is 5.09. The lowest BCUT2D eigenvalue weighted by Crippen LogP contribution is -2.31. The molecule has 0 radical (unpaired) electrons. The van der Waals surface area contributed by atoms with Gasteiger partial charge >= 0.3 is 6.18 Å². The van der Waals surface area contributed by atoms with E-state index in [-0.39, 0.29) is 0 Å². The van der Waals surface area contributed by atoms with Crippen LogP contribution >= 0.6 is 0 Å². The lowest BCUT2D eigenvalue weighted by Gasteiger charge is -2.10. The van der Waals surface area contributed by atoms with Crippen LogP contribution in [0.5, 0.6) is 0 Å². The van der Waals surface area contributed by atoms with Gasteiger partial charge in [-0.25, -0.2) is 0 Å². The fourth-order valence-corrected chi connectivity index (χ4v) is 1.63. The van der Waals surface area contributed by atoms with Crippen molar-refractivity contribution in [3.05, 3.63) is 29.3 Å². The molecule has 1 aromatic rings. The van der Waals surface area contributed by atoms with Gasteiger partial charge in [-0.2, -0.15) is 13.2 Å². The number of nitrogens with one attached hydrogen (secondary N) is 1. The normalized spacial score (nSPS) is 17.8. The number of fused-ring (bicyclic) bond motifs is 1. The van der Waals surface area contributed by atoms with Crippen molar-refractivity contribution in [2.24, 2.45) is 5.16 Å². The summed E-state index contributed by atoms with van der Waals surface area (Å²) in [6.07, 6.45) is -4.67. The summed E-state index contributed by atoms with van der Waals surface area (Å²) in [6.45, 7) is 0. The Morgan fingerprint density at radius 1 is 1.10 bits per heavy atom. The largest absolute Gasteiger partial charge is 0.416 e. The van der Waals surface area contributed by atoms with Crippen LogP contribution in [-0.4, -0.2) is 28.4 Å². The van der Waals surface area contributed by atoms with Gasteiger partial charge in [-0.15, -0.1) is 0 Å². The monoisotopic (exact) mass is 286 g/mol. The molecule has 20 heavy (non-hydrogen) atoms. The predicted octanol–water partition coefficient (Wildman–Crippen LogP) is 1.24. The molecule has 1 aliphatic rings. The zero-order chi connectivity index (χ0) is 15.1. The highest BCUT2D eigenvalue weighted by atomic mass is 19.4. The molecule has 2 N–H and O–H groups in total. The van der Waals surface area contributed by atoms with E-state index in [1.54, 1.807) is 0 Å². The third-order valence-electron chi connectivity index (χ3n) is 2.58. The molecule has 1 amide bonds. The smallest absolute Gasteiger partial charge is 0.410 e. The average Bonchev–Trinajstić information content (AvgIpc) is 2.45. The number of hydrogen-bond donors (Lipinski definition) is 2. The van der Waals surface area contributed by atoms with E-state index in [1.807, 2.05) is 5.32 Å². The maximum atomic E-state index is 12.5. The molecule has 0 atom stereocenters. The zero-order valence-corrected chi connectivity index (χ0v) is 9.49. The third-order valence-corrected chi connectivity index (χ3v) is 2.58. The minimum Gasteiger partial charge on any atom is -0.410 e. The van der Waals surface area contributed by atoms with Crippen molar-refractivity contribution in [3.8, 4) is 0 Å². The van der Waals surface area contributed by atoms with Crippen molar-refractivity contribution < 1.29 is 32.8 Å². The molecule has 2 rings (SSSR count). The van der Waals surface area contributed by atoms with Crippen molar-refractivity contribution >= 4 is 28.9 Å². The van der Waals surface area contributed by atoms with Crippen molar-refractivity contribution in [2.75, 3.05) is 5.32 Å². The quantitative estimate of drug-likeness (QED) is 0.426. The van der Waals surface area contributed by atoms with Crippen molar-refractivity contribution in [2.45, 2.75) is 6.18 Å². The average molecular weight is 286 g/mol. The minimum absolute atomic E-state index is 0.407. The van der Waals surface area contributed by atoms with E-state index in [9.17, 15) is 27.6 Å². The Labute approximate surface area is 108 Å². The molecule has 6 nitrogen and oxygen atoms in total. The van der Waals surface area contributed by atoms with Gasteiger partial charge in [-0.05, 0) is 18.2 Å². The summed E-state index contributed by atoms with van der Waals surface area (Å²) in [7, 11) is 0. The minimum atomic E-state index is -4.67. The van der Waals surface area contributed by atoms with Gasteiger partial charge in [0.2, 0.25) is 11.5 Å². The molecule has 0 saturated carbocycles. The summed E-state index contributed by atoms with van der Waals surface area (Å²) in [5, 5.41) is 12.8. The number of rotatable bonds is 0. The second-order valence-corrected chi connectivity index (χ2v) is 3.82. The highest BCUT2D eigenvalue weighted by molar-refractivity contribution is 6.83. The summed E-state index contributed by atoms with van der Waals surface area (Å²) in [5.74, 6) is -3.90. The number of hydrogen-bond acceptors (Lipinski definition) is 5. The number of ketones is 2. The number of alkyl halides is 3. The molecule has 9 heteroatoms. The van der Waals surface area contributed by atoms with Crippen LogP contribution in [0, 0.1) is 0 Å². The van der Waals surface area contributed by atoms with Crippen molar-refractivity contribution in [1.29, 1.82) is 0 Å². The number of carbonyl (C=O) groups excluding carboxylic acids is 3. The van der Waals surface area contributed by atoms with Gasteiger partial charge in [0.05, 0.1) is 11.3 Å². The number of carbonyl (C=O) groups is 3. The molecule has 1 aliphatic heterocycles. The van der Waals surface area contributed by atoms with Crippen LogP contribution in [0.2, 0.25) is 0 Å². The van der Waals surface area contributed by atoms with Crippen LogP contribution in [0.25, 0.3) is 0 Å². The molecule has 104 valence electrons. The third kappa shape index (κ3) is 2.13. The summed E-state index contributed by atoms with van der Waals surface area (Å²) < 4.78 is 37.6. The van der Waals surface area contributed by atoms with Crippen molar-refractivity contribution in [1.82, 2.24) is 0 Å². The molecule has 0 aromatic heterocycles. The lowest BCUT2D eigenvalue weighted by atomic mass is 10.0. The first kappa shape index (κ1) is 13.7. The van der Waals surface area contributed by atoms with Gasteiger partial charge in [-0.1, -0.05) is 5.16 Å². The van der Waals surface area contributed by atoms with Crippen LogP contribution < -0.4 is 5.32 Å². The van der Waals surface area contributed by atoms with Gasteiger partial charge < -0.3 is 10.5 Å². The topological polar surface area (TPSA) is 95.8 Å². The molecular formula is C11H5F3N2O4. The molecule has 0 saturated heterocycles. The number of halogens is 3. The Bertz CT molecular complexity index is 664. The zero-order valence-electron chi connectivity index (χ0n) is 9.49. The molecule has 0 aliphatic carbocycles. The Morgan fingerprint density at radius 3 is 2.30 bits per heavy atom. The predicted molar refractivity (Wildman–Crippen MR) is 58.6 cm³/mol. The molecule has 0 bridgehead atoms.